The lowest BCUT2D eigenvalue weighted by Gasteiger charge is -2.27. The third-order valence-electron chi connectivity index (χ3n) is 6.90. The van der Waals surface area contributed by atoms with Gasteiger partial charge in [-0.2, -0.15) is 4.98 Å². The maximum absolute atomic E-state index is 13.0. The molecule has 1 aromatic heterocycles. The van der Waals surface area contributed by atoms with E-state index in [-0.39, 0.29) is 30.3 Å². The van der Waals surface area contributed by atoms with Crippen molar-refractivity contribution in [2.45, 2.75) is 26.2 Å². The standard InChI is InChI=1S/C28H29N5O6S2/c1-2-32(16-17-39-41(36,37)38)20-12-10-19(11-13-20)30-31-28-29-27(33-14-6-3-7-15-33)24(40-28)18-23-25(34)21-8-4-5-9-22(21)26(23)35/h4-5,8-13,18H,2-3,6-7,14-17H2,1H3,(H,36,37,38)/p-1. The van der Waals surface area contributed by atoms with Crippen LogP contribution in [0.15, 0.2) is 64.3 Å². The number of aromatic nitrogens is 1. The van der Waals surface area contributed by atoms with Crippen molar-refractivity contribution in [3.05, 3.63) is 70.1 Å². The highest BCUT2D eigenvalue weighted by Crippen LogP contribution is 2.38. The number of Topliss-reactive ketones (excluding diaryl/α,β-unsaturated/α-hetero) is 2. The van der Waals surface area contributed by atoms with Gasteiger partial charge in [-0.05, 0) is 56.5 Å². The number of rotatable bonds is 10. The van der Waals surface area contributed by atoms with Gasteiger partial charge in [-0.15, -0.1) is 10.2 Å². The number of fused-ring (bicyclic) bond motifs is 1. The van der Waals surface area contributed by atoms with E-state index in [1.807, 2.05) is 24.0 Å². The number of thiazole rings is 1. The SMILES string of the molecule is CCN(CCOS(=O)(=O)[O-])c1ccc(N=Nc2nc(N3CCCCC3)c(C=C3C(=O)c4ccccc4C3=O)s2)cc1. The minimum Gasteiger partial charge on any atom is -0.726 e. The molecule has 3 aromatic rings. The number of anilines is 2. The van der Waals surface area contributed by atoms with Gasteiger partial charge in [0.2, 0.25) is 15.5 Å². The van der Waals surface area contributed by atoms with Crippen molar-refractivity contribution in [2.75, 3.05) is 42.6 Å². The first kappa shape index (κ1) is 28.7. The normalized spacial score (nSPS) is 15.6. The van der Waals surface area contributed by atoms with E-state index < -0.39 is 10.4 Å². The Balaban J connectivity index is 1.36. The summed E-state index contributed by atoms with van der Waals surface area (Å²) >= 11 is 1.27. The number of carbonyl (C=O) groups is 2. The number of nitrogens with zero attached hydrogens (tertiary/aromatic N) is 5. The molecule has 1 aliphatic heterocycles. The molecule has 41 heavy (non-hydrogen) atoms. The second kappa shape index (κ2) is 12.4. The highest BCUT2D eigenvalue weighted by molar-refractivity contribution is 7.80. The molecule has 5 rings (SSSR count). The van der Waals surface area contributed by atoms with Crippen LogP contribution in [0, 0.1) is 0 Å². The number of ketones is 2. The summed E-state index contributed by atoms with van der Waals surface area (Å²) in [5.41, 5.74) is 2.35. The molecule has 2 aromatic carbocycles. The minimum absolute atomic E-state index is 0.130. The molecule has 2 aliphatic rings. The fourth-order valence-electron chi connectivity index (χ4n) is 4.87. The monoisotopic (exact) mass is 594 g/mol. The lowest BCUT2D eigenvalue weighted by Crippen LogP contribution is -2.30. The van der Waals surface area contributed by atoms with Gasteiger partial charge in [0, 0.05) is 43.0 Å². The first-order valence-corrected chi connectivity index (χ1v) is 15.4. The Hall–Kier alpha value is -3.78. The second-order valence-corrected chi connectivity index (χ2v) is 11.6. The van der Waals surface area contributed by atoms with Gasteiger partial charge >= 0.3 is 0 Å². The Kier molecular flexibility index (Phi) is 8.68. The maximum Gasteiger partial charge on any atom is 0.232 e. The summed E-state index contributed by atoms with van der Waals surface area (Å²) in [6, 6.07) is 14.0. The quantitative estimate of drug-likeness (QED) is 0.100. The van der Waals surface area contributed by atoms with Crippen LogP contribution in [0.3, 0.4) is 0 Å². The fraction of sp³-hybridized carbons (Fsp3) is 0.321. The summed E-state index contributed by atoms with van der Waals surface area (Å²) in [6.07, 6.45) is 4.86. The van der Waals surface area contributed by atoms with Crippen LogP contribution < -0.4 is 9.80 Å². The Morgan fingerprint density at radius 3 is 2.29 bits per heavy atom. The molecule has 13 heteroatoms. The van der Waals surface area contributed by atoms with Crippen LogP contribution in [0.5, 0.6) is 0 Å². The van der Waals surface area contributed by atoms with Crippen molar-refractivity contribution in [3.63, 3.8) is 0 Å². The van der Waals surface area contributed by atoms with E-state index >= 15 is 0 Å². The number of likely N-dealkylation sites (N-methyl/N-ethyl adjacent to an activating group) is 1. The average molecular weight is 595 g/mol. The molecule has 1 saturated heterocycles. The zero-order chi connectivity index (χ0) is 29.0. The van der Waals surface area contributed by atoms with Crippen LogP contribution in [0.1, 0.15) is 51.8 Å². The van der Waals surface area contributed by atoms with Gasteiger partial charge < -0.3 is 14.4 Å². The topological polar surface area (TPSA) is 145 Å². The summed E-state index contributed by atoms with van der Waals surface area (Å²) in [5.74, 6) is 0.132. The summed E-state index contributed by atoms with van der Waals surface area (Å²) in [5, 5.41) is 9.08. The summed E-state index contributed by atoms with van der Waals surface area (Å²) < 4.78 is 36.4. The van der Waals surface area contributed by atoms with Crippen LogP contribution in [0.2, 0.25) is 0 Å². The van der Waals surface area contributed by atoms with Gasteiger partial charge in [0.25, 0.3) is 0 Å². The van der Waals surface area contributed by atoms with Gasteiger partial charge in [0.1, 0.15) is 5.82 Å². The van der Waals surface area contributed by atoms with Gasteiger partial charge in [-0.1, -0.05) is 35.6 Å². The van der Waals surface area contributed by atoms with Crippen molar-refractivity contribution in [3.8, 4) is 0 Å². The molecule has 0 radical (unpaired) electrons. The van der Waals surface area contributed by atoms with Crippen molar-refractivity contribution >= 4 is 61.7 Å². The van der Waals surface area contributed by atoms with Crippen LogP contribution in [0.25, 0.3) is 6.08 Å². The Labute approximate surface area is 242 Å². The largest absolute Gasteiger partial charge is 0.726 e. The van der Waals surface area contributed by atoms with Crippen molar-refractivity contribution in [2.24, 2.45) is 10.2 Å². The van der Waals surface area contributed by atoms with Gasteiger partial charge in [0.15, 0.2) is 11.6 Å². The van der Waals surface area contributed by atoms with E-state index in [2.05, 4.69) is 19.3 Å². The third kappa shape index (κ3) is 6.76. The molecule has 0 spiro atoms. The van der Waals surface area contributed by atoms with Gasteiger partial charge in [-0.3, -0.25) is 13.8 Å². The van der Waals surface area contributed by atoms with E-state index in [1.165, 1.54) is 11.3 Å². The number of carbonyl (C=O) groups excluding carboxylic acids is 2. The smallest absolute Gasteiger partial charge is 0.232 e. The third-order valence-corrected chi connectivity index (χ3v) is 8.23. The molecule has 1 fully saturated rings. The second-order valence-electron chi connectivity index (χ2n) is 9.52. The molecule has 0 bridgehead atoms. The first-order valence-electron chi connectivity index (χ1n) is 13.3. The lowest BCUT2D eigenvalue weighted by atomic mass is 10.1. The Morgan fingerprint density at radius 1 is 1.02 bits per heavy atom. The average Bonchev–Trinajstić information content (AvgIpc) is 3.49. The summed E-state index contributed by atoms with van der Waals surface area (Å²) in [7, 11) is -4.73. The summed E-state index contributed by atoms with van der Waals surface area (Å²) in [4.78, 5) is 35.5. The molecular weight excluding hydrogens is 566 g/mol. The van der Waals surface area contributed by atoms with Crippen molar-refractivity contribution < 1.29 is 26.7 Å². The molecule has 0 unspecified atom stereocenters. The fourth-order valence-corrected chi connectivity index (χ4v) is 6.00. The van der Waals surface area contributed by atoms with Crippen LogP contribution >= 0.6 is 11.3 Å². The van der Waals surface area contributed by atoms with Gasteiger partial charge in [-0.25, -0.2) is 8.42 Å². The lowest BCUT2D eigenvalue weighted by molar-refractivity contribution is 0.0990. The highest BCUT2D eigenvalue weighted by Gasteiger charge is 2.33. The van der Waals surface area contributed by atoms with Crippen molar-refractivity contribution in [1.29, 1.82) is 0 Å². The van der Waals surface area contributed by atoms with Crippen LogP contribution in [0.4, 0.5) is 22.3 Å². The van der Waals surface area contributed by atoms with E-state index in [0.29, 0.717) is 39.2 Å². The first-order chi connectivity index (χ1) is 19.7. The summed E-state index contributed by atoms with van der Waals surface area (Å²) in [6.45, 7) is 4.13. The molecule has 11 nitrogen and oxygen atoms in total. The number of piperidine rings is 1. The number of hydrogen-bond donors (Lipinski definition) is 0. The molecule has 0 amide bonds. The predicted octanol–water partition coefficient (Wildman–Crippen LogP) is 5.31. The molecule has 0 atom stereocenters. The van der Waals surface area contributed by atoms with Crippen molar-refractivity contribution in [1.82, 2.24) is 4.98 Å². The Morgan fingerprint density at radius 2 is 1.68 bits per heavy atom. The Bertz CT molecular complexity index is 1570. The molecule has 0 N–H and O–H groups in total. The number of allylic oxidation sites excluding steroid dienone is 1. The predicted molar refractivity (Wildman–Crippen MR) is 155 cm³/mol. The highest BCUT2D eigenvalue weighted by atomic mass is 32.3. The number of benzene rings is 2. The zero-order valence-corrected chi connectivity index (χ0v) is 24.0. The van der Waals surface area contributed by atoms with Crippen LogP contribution in [-0.4, -0.2) is 62.3 Å². The molecular formula is C28H28N5O6S2-. The van der Waals surface area contributed by atoms with Gasteiger partial charge in [0.05, 0.1) is 22.7 Å². The molecule has 2 heterocycles. The van der Waals surface area contributed by atoms with Crippen LogP contribution in [-0.2, 0) is 14.6 Å². The number of hydrogen-bond acceptors (Lipinski definition) is 12. The molecule has 0 saturated carbocycles. The number of azo groups is 1. The molecule has 214 valence electrons. The van der Waals surface area contributed by atoms with E-state index in [4.69, 9.17) is 4.98 Å². The maximum atomic E-state index is 13.0. The molecule has 1 aliphatic carbocycles. The van der Waals surface area contributed by atoms with E-state index in [9.17, 15) is 22.6 Å². The zero-order valence-electron chi connectivity index (χ0n) is 22.4. The minimum atomic E-state index is -4.73. The van der Waals surface area contributed by atoms with E-state index in [0.717, 1.165) is 38.0 Å². The van der Waals surface area contributed by atoms with E-state index in [1.54, 1.807) is 42.5 Å².